The first-order valence-electron chi connectivity index (χ1n) is 7.58. The van der Waals surface area contributed by atoms with E-state index in [1.807, 2.05) is 30.3 Å². The van der Waals surface area contributed by atoms with E-state index in [4.69, 9.17) is 4.74 Å². The first kappa shape index (κ1) is 13.0. The highest BCUT2D eigenvalue weighted by Crippen LogP contribution is 2.58. The molecule has 0 radical (unpaired) electrons. The van der Waals surface area contributed by atoms with Crippen molar-refractivity contribution in [1.29, 1.82) is 0 Å². The average molecular weight is 315 g/mol. The summed E-state index contributed by atoms with van der Waals surface area (Å²) in [6.45, 7) is 0. The van der Waals surface area contributed by atoms with E-state index < -0.39 is 4.93 Å². The maximum absolute atomic E-state index is 6.46. The van der Waals surface area contributed by atoms with E-state index in [1.54, 1.807) is 0 Å². The van der Waals surface area contributed by atoms with Gasteiger partial charge in [-0.1, -0.05) is 66.7 Å². The highest BCUT2D eigenvalue weighted by atomic mass is 32.2. The fraction of sp³-hybridized carbons (Fsp3) is 0.0500. The van der Waals surface area contributed by atoms with Crippen LogP contribution in [0.5, 0.6) is 0 Å². The molecule has 2 nitrogen and oxygen atoms in total. The van der Waals surface area contributed by atoms with Crippen molar-refractivity contribution in [2.24, 2.45) is 4.40 Å². The molecule has 0 amide bonds. The lowest BCUT2D eigenvalue weighted by Crippen LogP contribution is -2.23. The van der Waals surface area contributed by atoms with Gasteiger partial charge in [-0.25, -0.2) is 0 Å². The van der Waals surface area contributed by atoms with Gasteiger partial charge in [0.1, 0.15) is 0 Å². The summed E-state index contributed by atoms with van der Waals surface area (Å²) < 4.78 is 11.1. The van der Waals surface area contributed by atoms with Crippen LogP contribution in [0, 0.1) is 0 Å². The quantitative estimate of drug-likeness (QED) is 0.590. The number of hydrogen-bond acceptors (Lipinski definition) is 3. The Balaban J connectivity index is 1.67. The van der Waals surface area contributed by atoms with Crippen molar-refractivity contribution in [3.8, 4) is 11.1 Å². The molecule has 0 N–H and O–H groups in total. The van der Waals surface area contributed by atoms with Crippen LogP contribution in [-0.2, 0) is 9.67 Å². The number of hydrogen-bond donors (Lipinski definition) is 0. The van der Waals surface area contributed by atoms with Crippen molar-refractivity contribution in [2.75, 3.05) is 0 Å². The fourth-order valence-electron chi connectivity index (χ4n) is 3.33. The highest BCUT2D eigenvalue weighted by Gasteiger charge is 2.50. The van der Waals surface area contributed by atoms with Gasteiger partial charge in [-0.2, -0.15) is 4.40 Å². The molecule has 0 atom stereocenters. The summed E-state index contributed by atoms with van der Waals surface area (Å²) in [6, 6.07) is 27.0. The molecule has 0 aromatic heterocycles. The minimum absolute atomic E-state index is 0.557. The zero-order valence-electron chi connectivity index (χ0n) is 12.3. The first-order chi connectivity index (χ1) is 11.4. The van der Waals surface area contributed by atoms with Crippen LogP contribution < -0.4 is 0 Å². The van der Waals surface area contributed by atoms with Crippen LogP contribution in [0.1, 0.15) is 16.7 Å². The summed E-state index contributed by atoms with van der Waals surface area (Å²) in [5.41, 5.74) is 5.85. The Labute approximate surface area is 139 Å². The predicted octanol–water partition coefficient (Wildman–Crippen LogP) is 4.99. The van der Waals surface area contributed by atoms with Crippen LogP contribution in [0.15, 0.2) is 83.3 Å². The molecule has 0 bridgehead atoms. The van der Waals surface area contributed by atoms with Crippen molar-refractivity contribution < 1.29 is 4.74 Å². The molecule has 3 aromatic carbocycles. The predicted molar refractivity (Wildman–Crippen MR) is 94.3 cm³/mol. The first-order valence-corrected chi connectivity index (χ1v) is 8.36. The molecule has 0 fully saturated rings. The van der Waals surface area contributed by atoms with Gasteiger partial charge in [-0.15, -0.1) is 0 Å². The Bertz CT molecular complexity index is 888. The van der Waals surface area contributed by atoms with Crippen LogP contribution in [0.4, 0.5) is 0 Å². The molecule has 2 aliphatic rings. The Hall–Kier alpha value is -2.52. The number of rotatable bonds is 1. The van der Waals surface area contributed by atoms with Crippen molar-refractivity contribution in [2.45, 2.75) is 4.93 Å². The lowest BCUT2D eigenvalue weighted by molar-refractivity contribution is 0.211. The Morgan fingerprint density at radius 2 is 1.26 bits per heavy atom. The SMILES string of the molecule is c1ccc(C2=NSC3(O2)c2ccccc2-c2ccccc23)cc1. The van der Waals surface area contributed by atoms with Crippen LogP contribution in [0.2, 0.25) is 0 Å². The van der Waals surface area contributed by atoms with Crippen LogP contribution in [0.3, 0.4) is 0 Å². The van der Waals surface area contributed by atoms with Crippen molar-refractivity contribution >= 4 is 17.8 Å². The molecule has 1 heterocycles. The third-order valence-electron chi connectivity index (χ3n) is 4.37. The molecule has 110 valence electrons. The fourth-order valence-corrected chi connectivity index (χ4v) is 4.36. The van der Waals surface area contributed by atoms with Crippen LogP contribution in [-0.4, -0.2) is 5.90 Å². The topological polar surface area (TPSA) is 21.6 Å². The molecule has 0 unspecified atom stereocenters. The van der Waals surface area contributed by atoms with E-state index >= 15 is 0 Å². The van der Waals surface area contributed by atoms with Gasteiger partial charge in [0.05, 0.1) is 0 Å². The van der Waals surface area contributed by atoms with Gasteiger partial charge in [-0.05, 0) is 23.3 Å². The van der Waals surface area contributed by atoms with Gasteiger partial charge < -0.3 is 4.74 Å². The molecule has 1 aliphatic heterocycles. The summed E-state index contributed by atoms with van der Waals surface area (Å²) >= 11 is 1.51. The molecule has 1 aliphatic carbocycles. The zero-order valence-corrected chi connectivity index (χ0v) is 13.1. The minimum Gasteiger partial charge on any atom is -0.448 e. The van der Waals surface area contributed by atoms with Gasteiger partial charge in [0.25, 0.3) is 0 Å². The molecular weight excluding hydrogens is 302 g/mol. The lowest BCUT2D eigenvalue weighted by atomic mass is 10.1. The van der Waals surface area contributed by atoms with E-state index in [0.29, 0.717) is 5.90 Å². The minimum atomic E-state index is -0.557. The molecule has 1 spiro atoms. The maximum atomic E-state index is 6.46. The summed E-state index contributed by atoms with van der Waals surface area (Å²) in [4.78, 5) is -0.557. The molecule has 5 rings (SSSR count). The van der Waals surface area contributed by atoms with E-state index in [-0.39, 0.29) is 0 Å². The molecule has 3 heteroatoms. The van der Waals surface area contributed by atoms with Gasteiger partial charge in [0.2, 0.25) is 10.8 Å². The monoisotopic (exact) mass is 315 g/mol. The number of ether oxygens (including phenoxy) is 1. The maximum Gasteiger partial charge on any atom is 0.229 e. The summed E-state index contributed by atoms with van der Waals surface area (Å²) in [7, 11) is 0. The van der Waals surface area contributed by atoms with Crippen molar-refractivity contribution in [3.05, 3.63) is 95.6 Å². The summed E-state index contributed by atoms with van der Waals surface area (Å²) in [5, 5.41) is 0. The van der Waals surface area contributed by atoms with Crippen LogP contribution in [0.25, 0.3) is 11.1 Å². The molecule has 0 saturated heterocycles. The normalized spacial score (nSPS) is 16.6. The molecule has 3 aromatic rings. The van der Waals surface area contributed by atoms with Crippen molar-refractivity contribution in [3.63, 3.8) is 0 Å². The molecule has 0 saturated carbocycles. The largest absolute Gasteiger partial charge is 0.448 e. The van der Waals surface area contributed by atoms with Gasteiger partial charge in [0, 0.05) is 28.6 Å². The summed E-state index contributed by atoms with van der Waals surface area (Å²) in [6.07, 6.45) is 0. The van der Waals surface area contributed by atoms with E-state index in [2.05, 4.69) is 52.9 Å². The average Bonchev–Trinajstić information content (AvgIpc) is 3.19. The number of benzene rings is 3. The zero-order chi connectivity index (χ0) is 15.3. The number of fused-ring (bicyclic) bond motifs is 5. The molecule has 23 heavy (non-hydrogen) atoms. The second-order valence-corrected chi connectivity index (χ2v) is 6.60. The van der Waals surface area contributed by atoms with Crippen molar-refractivity contribution in [1.82, 2.24) is 0 Å². The van der Waals surface area contributed by atoms with Gasteiger partial charge in [0.15, 0.2) is 0 Å². The second kappa shape index (κ2) is 4.74. The standard InChI is InChI=1S/C20H13NOS/c1-2-8-14(9-3-1)19-21-23-20(22-19)17-12-6-4-10-15(17)16-11-5-7-13-18(16)20/h1-13H. The van der Waals surface area contributed by atoms with E-state index in [0.717, 1.165) is 5.56 Å². The summed E-state index contributed by atoms with van der Waals surface area (Å²) in [5.74, 6) is 0.696. The second-order valence-electron chi connectivity index (χ2n) is 5.66. The highest BCUT2D eigenvalue weighted by molar-refractivity contribution is 7.99. The van der Waals surface area contributed by atoms with E-state index in [1.165, 1.54) is 34.2 Å². The van der Waals surface area contributed by atoms with E-state index in [9.17, 15) is 0 Å². The molecular formula is C20H13NOS. The third kappa shape index (κ3) is 1.74. The van der Waals surface area contributed by atoms with Gasteiger partial charge in [-0.3, -0.25) is 0 Å². The Kier molecular flexibility index (Phi) is 2.67. The smallest absolute Gasteiger partial charge is 0.229 e. The Morgan fingerprint density at radius 1 is 0.696 bits per heavy atom. The lowest BCUT2D eigenvalue weighted by Gasteiger charge is -2.24. The third-order valence-corrected chi connectivity index (χ3v) is 5.41. The Morgan fingerprint density at radius 3 is 1.91 bits per heavy atom. The number of nitrogens with zero attached hydrogens (tertiary/aromatic N) is 1. The van der Waals surface area contributed by atoms with Crippen LogP contribution >= 0.6 is 11.9 Å². The van der Waals surface area contributed by atoms with Gasteiger partial charge >= 0.3 is 0 Å².